The van der Waals surface area contributed by atoms with Crippen LogP contribution in [-0.4, -0.2) is 28.9 Å². The molecule has 1 fully saturated rings. The number of carbonyl (C=O) groups excluding carboxylic acids is 3. The molecular weight excluding hydrogens is 264 g/mol. The average Bonchev–Trinajstić information content (AvgIpc) is 2.99. The van der Waals surface area contributed by atoms with Gasteiger partial charge in [-0.05, 0) is 17.2 Å². The van der Waals surface area contributed by atoms with E-state index in [-0.39, 0.29) is 5.56 Å². The number of carbonyl (C=O) groups is 3. The van der Waals surface area contributed by atoms with E-state index in [4.69, 9.17) is 0 Å². The molecule has 1 aliphatic heterocycles. The van der Waals surface area contributed by atoms with Gasteiger partial charge in [0.25, 0.3) is 5.91 Å². The van der Waals surface area contributed by atoms with Gasteiger partial charge in [0.1, 0.15) is 6.04 Å². The van der Waals surface area contributed by atoms with E-state index in [0.717, 1.165) is 0 Å². The summed E-state index contributed by atoms with van der Waals surface area (Å²) in [4.78, 5) is 48.2. The Hall–Kier alpha value is -2.90. The van der Waals surface area contributed by atoms with Crippen molar-refractivity contribution in [2.45, 2.75) is 12.5 Å². The smallest absolute Gasteiger partial charge is 0.322 e. The van der Waals surface area contributed by atoms with Crippen molar-refractivity contribution >= 4 is 23.9 Å². The first kappa shape index (κ1) is 12.2. The Kier molecular flexibility index (Phi) is 2.63. The molecule has 0 spiro atoms. The third kappa shape index (κ3) is 1.87. The third-order valence-corrected chi connectivity index (χ3v) is 3.19. The Morgan fingerprint density at radius 2 is 2.20 bits per heavy atom. The van der Waals surface area contributed by atoms with E-state index in [1.165, 1.54) is 12.3 Å². The first-order chi connectivity index (χ1) is 9.58. The van der Waals surface area contributed by atoms with Crippen molar-refractivity contribution in [1.29, 1.82) is 0 Å². The number of nitroso groups, excluding NO2 is 1. The van der Waals surface area contributed by atoms with Crippen molar-refractivity contribution in [3.8, 4) is 0 Å². The summed E-state index contributed by atoms with van der Waals surface area (Å²) in [6.45, 7) is 0. The number of hydrogen-bond donors (Lipinski definition) is 2. The topological polar surface area (TPSA) is 118 Å². The summed E-state index contributed by atoms with van der Waals surface area (Å²) < 4.78 is 0. The fourth-order valence-corrected chi connectivity index (χ4v) is 2.26. The number of nitrogens with one attached hydrogen (secondary N) is 2. The van der Waals surface area contributed by atoms with Crippen LogP contribution in [-0.2, 0) is 11.2 Å². The predicted molar refractivity (Wildman–Crippen MR) is 66.5 cm³/mol. The van der Waals surface area contributed by atoms with Crippen LogP contribution in [0.2, 0.25) is 0 Å². The second-order valence-electron chi connectivity index (χ2n) is 4.45. The van der Waals surface area contributed by atoms with Gasteiger partial charge in [-0.2, -0.15) is 0 Å². The molecule has 1 aliphatic carbocycles. The quantitative estimate of drug-likeness (QED) is 0.586. The summed E-state index contributed by atoms with van der Waals surface area (Å²) in [7, 11) is 0. The van der Waals surface area contributed by atoms with Crippen molar-refractivity contribution in [2.75, 3.05) is 0 Å². The van der Waals surface area contributed by atoms with Crippen molar-refractivity contribution in [1.82, 2.24) is 15.6 Å². The molecule has 100 valence electrons. The number of fused-ring (bicyclic) bond motifs is 1. The molecule has 0 aromatic carbocycles. The van der Waals surface area contributed by atoms with E-state index in [0.29, 0.717) is 23.3 Å². The fourth-order valence-electron chi connectivity index (χ4n) is 2.26. The van der Waals surface area contributed by atoms with E-state index >= 15 is 0 Å². The van der Waals surface area contributed by atoms with Crippen LogP contribution < -0.4 is 10.6 Å². The maximum absolute atomic E-state index is 11.6. The molecule has 0 radical (unpaired) electrons. The summed E-state index contributed by atoms with van der Waals surface area (Å²) in [5, 5.41) is 6.98. The van der Waals surface area contributed by atoms with Gasteiger partial charge in [-0.15, -0.1) is 4.91 Å². The van der Waals surface area contributed by atoms with Crippen LogP contribution in [0.4, 0.5) is 4.79 Å². The lowest BCUT2D eigenvalue weighted by atomic mass is 10.1. The minimum Gasteiger partial charge on any atom is -0.322 e. The van der Waals surface area contributed by atoms with Gasteiger partial charge in [0, 0.05) is 17.8 Å². The average molecular weight is 272 g/mol. The molecule has 3 rings (SSSR count). The Labute approximate surface area is 112 Å². The summed E-state index contributed by atoms with van der Waals surface area (Å²) >= 11 is 0. The molecule has 8 nitrogen and oxygen atoms in total. The first-order valence-electron chi connectivity index (χ1n) is 5.77. The highest BCUT2D eigenvalue weighted by molar-refractivity contribution is 6.06. The molecule has 0 bridgehead atoms. The van der Waals surface area contributed by atoms with Gasteiger partial charge in [0.2, 0.25) is 0 Å². The monoisotopic (exact) mass is 272 g/mol. The normalized spacial score (nSPS) is 20.0. The Bertz CT molecular complexity index is 695. The van der Waals surface area contributed by atoms with Gasteiger partial charge in [-0.3, -0.25) is 19.9 Å². The maximum Gasteiger partial charge on any atom is 0.322 e. The molecule has 1 saturated heterocycles. The zero-order valence-electron chi connectivity index (χ0n) is 10.0. The number of rotatable bonds is 2. The highest BCUT2D eigenvalue weighted by atomic mass is 16.3. The second kappa shape index (κ2) is 4.34. The standard InChI is InChI=1S/C12H8N4O4/c17-10(16-20)7-2-5-1-6(3-8(5)13-4-7)9-11(18)15-12(19)14-9/h1-2,4,9H,3H2,(H2,14,15,18,19). The fraction of sp³-hybridized carbons (Fsp3) is 0.167. The summed E-state index contributed by atoms with van der Waals surface area (Å²) in [5.74, 6) is -1.31. The summed E-state index contributed by atoms with van der Waals surface area (Å²) in [5.41, 5.74) is 2.09. The lowest BCUT2D eigenvalue weighted by Crippen LogP contribution is -2.31. The largest absolute Gasteiger partial charge is 0.322 e. The molecule has 1 aromatic heterocycles. The highest BCUT2D eigenvalue weighted by Crippen LogP contribution is 2.27. The molecule has 2 heterocycles. The van der Waals surface area contributed by atoms with Crippen molar-refractivity contribution < 1.29 is 14.4 Å². The molecular formula is C12H8N4O4. The minimum absolute atomic E-state index is 0.0937. The Balaban J connectivity index is 1.91. The summed E-state index contributed by atoms with van der Waals surface area (Å²) in [6, 6.07) is 0.235. The first-order valence-corrected chi connectivity index (χ1v) is 5.77. The van der Waals surface area contributed by atoms with E-state index in [2.05, 4.69) is 20.8 Å². The summed E-state index contributed by atoms with van der Waals surface area (Å²) in [6.07, 6.45) is 3.35. The number of imide groups is 1. The van der Waals surface area contributed by atoms with Crippen LogP contribution >= 0.6 is 0 Å². The zero-order chi connectivity index (χ0) is 14.3. The molecule has 8 heteroatoms. The molecule has 0 saturated carbocycles. The molecule has 20 heavy (non-hydrogen) atoms. The molecule has 1 unspecified atom stereocenters. The van der Waals surface area contributed by atoms with E-state index in [1.807, 2.05) is 0 Å². The van der Waals surface area contributed by atoms with Gasteiger partial charge in [-0.25, -0.2) is 4.79 Å². The lowest BCUT2D eigenvalue weighted by Gasteiger charge is -2.07. The number of amides is 4. The molecule has 4 amide bonds. The van der Waals surface area contributed by atoms with Crippen molar-refractivity contribution in [3.63, 3.8) is 0 Å². The number of urea groups is 1. The van der Waals surface area contributed by atoms with Crippen LogP contribution in [0.15, 0.2) is 23.0 Å². The SMILES string of the molecule is O=NC(=O)c1cnc2c(c1)C=C(C1NC(=O)NC1=O)C2. The van der Waals surface area contributed by atoms with E-state index in [9.17, 15) is 19.3 Å². The Morgan fingerprint density at radius 1 is 1.40 bits per heavy atom. The van der Waals surface area contributed by atoms with E-state index < -0.39 is 23.9 Å². The van der Waals surface area contributed by atoms with Crippen molar-refractivity contribution in [3.05, 3.63) is 39.6 Å². The maximum atomic E-state index is 11.6. The highest BCUT2D eigenvalue weighted by Gasteiger charge is 2.34. The van der Waals surface area contributed by atoms with Crippen LogP contribution in [0.1, 0.15) is 21.6 Å². The Morgan fingerprint density at radius 3 is 2.85 bits per heavy atom. The number of aromatic nitrogens is 1. The molecule has 1 atom stereocenters. The van der Waals surface area contributed by atoms with Gasteiger partial charge >= 0.3 is 11.9 Å². The predicted octanol–water partition coefficient (Wildman–Crippen LogP) is 0.136. The number of hydrogen-bond acceptors (Lipinski definition) is 5. The third-order valence-electron chi connectivity index (χ3n) is 3.19. The lowest BCUT2D eigenvalue weighted by molar-refractivity contribution is -0.119. The minimum atomic E-state index is -0.894. The van der Waals surface area contributed by atoms with Crippen LogP contribution in [0.25, 0.3) is 6.08 Å². The second-order valence-corrected chi connectivity index (χ2v) is 4.45. The van der Waals surface area contributed by atoms with Gasteiger partial charge < -0.3 is 5.32 Å². The van der Waals surface area contributed by atoms with Crippen LogP contribution in [0, 0.1) is 4.91 Å². The molecule has 2 N–H and O–H groups in total. The van der Waals surface area contributed by atoms with Crippen molar-refractivity contribution in [2.24, 2.45) is 5.18 Å². The van der Waals surface area contributed by atoms with E-state index in [1.54, 1.807) is 6.08 Å². The van der Waals surface area contributed by atoms with Gasteiger partial charge in [-0.1, -0.05) is 6.08 Å². The molecule has 1 aromatic rings. The van der Waals surface area contributed by atoms with Crippen LogP contribution in [0.5, 0.6) is 0 Å². The zero-order valence-corrected chi connectivity index (χ0v) is 10.0. The molecule has 2 aliphatic rings. The number of pyridine rings is 1. The number of nitrogens with zero attached hydrogens (tertiary/aromatic N) is 2. The van der Waals surface area contributed by atoms with Crippen LogP contribution in [0.3, 0.4) is 0 Å². The van der Waals surface area contributed by atoms with Gasteiger partial charge in [0.05, 0.1) is 11.3 Å². The van der Waals surface area contributed by atoms with Gasteiger partial charge in [0.15, 0.2) is 0 Å².